The van der Waals surface area contributed by atoms with Gasteiger partial charge < -0.3 is 30.2 Å². The number of oxime groups is 1. The second kappa shape index (κ2) is 14.2. The van der Waals surface area contributed by atoms with Crippen LogP contribution in [0.5, 0.6) is 0 Å². The fourth-order valence-electron chi connectivity index (χ4n) is 3.92. The summed E-state index contributed by atoms with van der Waals surface area (Å²) in [6.07, 6.45) is 2.87. The molecule has 0 bridgehead atoms. The first-order valence-electron chi connectivity index (χ1n) is 12.7. The summed E-state index contributed by atoms with van der Waals surface area (Å²) in [7, 11) is 0. The fraction of sp³-hybridized carbons (Fsp3) is 0.458. The van der Waals surface area contributed by atoms with Crippen molar-refractivity contribution in [1.29, 1.82) is 0 Å². The van der Waals surface area contributed by atoms with Crippen LogP contribution >= 0.6 is 57.8 Å². The van der Waals surface area contributed by atoms with Gasteiger partial charge in [0.1, 0.15) is 44.6 Å². The first kappa shape index (κ1) is 33.6. The highest BCUT2D eigenvalue weighted by Gasteiger charge is 2.57. The third-order valence-electron chi connectivity index (χ3n) is 5.89. The highest BCUT2D eigenvalue weighted by atomic mass is 35.5. The number of nitrogens with one attached hydrogen (secondary N) is 2. The molecule has 2 aliphatic heterocycles. The number of hydrogen-bond acceptors (Lipinski definition) is 15. The minimum absolute atomic E-state index is 0.0175. The van der Waals surface area contributed by atoms with Gasteiger partial charge in [-0.25, -0.2) is 9.78 Å². The van der Waals surface area contributed by atoms with Crippen LogP contribution in [0.1, 0.15) is 26.5 Å². The number of hydrogen-bond donors (Lipinski definition) is 3. The zero-order valence-corrected chi connectivity index (χ0v) is 27.4. The number of carboxylic acid groups (broad SMARTS) is 1. The minimum Gasteiger partial charge on any atom is -0.481 e. The quantitative estimate of drug-likeness (QED) is 0.0400. The van der Waals surface area contributed by atoms with Crippen LogP contribution in [0.4, 0.5) is 5.13 Å². The summed E-state index contributed by atoms with van der Waals surface area (Å²) >= 11 is 11.0. The number of thiazole rings is 1. The molecular formula is C24H26ClN7O8S4. The molecule has 2 aromatic rings. The van der Waals surface area contributed by atoms with E-state index < -0.39 is 46.2 Å². The van der Waals surface area contributed by atoms with Crippen LogP contribution in [-0.2, 0) is 33.5 Å². The second-order valence-electron chi connectivity index (χ2n) is 10.3. The molecule has 0 saturated carbocycles. The van der Waals surface area contributed by atoms with Crippen LogP contribution in [0.2, 0.25) is 4.34 Å². The average molecular weight is 704 g/mol. The van der Waals surface area contributed by atoms with Crippen LogP contribution in [0, 0.1) is 5.41 Å². The van der Waals surface area contributed by atoms with Gasteiger partial charge in [0, 0.05) is 24.1 Å². The Labute approximate surface area is 272 Å². The molecule has 0 radical (unpaired) electrons. The maximum absolute atomic E-state index is 13.4. The monoisotopic (exact) mass is 703 g/mol. The maximum atomic E-state index is 13.4. The molecule has 3 atom stereocenters. The molecule has 2 aliphatic rings. The zero-order chi connectivity index (χ0) is 32.1. The highest BCUT2D eigenvalue weighted by Crippen LogP contribution is 2.44. The number of nitrogens with zero attached hydrogens (tertiary/aromatic N) is 5. The van der Waals surface area contributed by atoms with Crippen molar-refractivity contribution in [3.63, 3.8) is 0 Å². The van der Waals surface area contributed by atoms with Crippen LogP contribution in [-0.4, -0.2) is 103 Å². The Bertz CT molecular complexity index is 1480. The van der Waals surface area contributed by atoms with Gasteiger partial charge >= 0.3 is 11.9 Å². The number of carbonyl (C=O) groups is 5. The Balaban J connectivity index is 1.44. The number of β-lactam (4-membered cyclic amide) rings is 1. The number of thioether (sulfide) groups is 2. The largest absolute Gasteiger partial charge is 0.481 e. The topological polar surface area (TPSA) is 202 Å². The Hall–Kier alpha value is -3.26. The van der Waals surface area contributed by atoms with E-state index in [2.05, 4.69) is 31.0 Å². The van der Waals surface area contributed by atoms with Crippen molar-refractivity contribution >= 4 is 98.8 Å². The molecule has 4 rings (SSSR count). The van der Waals surface area contributed by atoms with Crippen LogP contribution in [0.25, 0.3) is 0 Å². The van der Waals surface area contributed by atoms with E-state index in [0.29, 0.717) is 10.7 Å². The summed E-state index contributed by atoms with van der Waals surface area (Å²) in [6, 6.07) is -0.975. The molecule has 2 aromatic heterocycles. The lowest BCUT2D eigenvalue weighted by Gasteiger charge is -2.53. The molecule has 0 spiro atoms. The predicted octanol–water partition coefficient (Wildman–Crippen LogP) is 2.10. The van der Waals surface area contributed by atoms with Gasteiger partial charge in [-0.2, -0.15) is 0 Å². The van der Waals surface area contributed by atoms with Crippen molar-refractivity contribution in [2.45, 2.75) is 42.1 Å². The molecule has 236 valence electrons. The summed E-state index contributed by atoms with van der Waals surface area (Å²) < 4.78 is 5.81. The van der Waals surface area contributed by atoms with Crippen molar-refractivity contribution in [2.24, 2.45) is 10.6 Å². The van der Waals surface area contributed by atoms with E-state index in [-0.39, 0.29) is 45.5 Å². The SMILES string of the molecule is CC(C)(C)OC(=O)C=CCON=C(C(=O)NC1C(=O)N2CC(CSc3nncs3)(C(=O)O)CS[C@H]12)c1nc(NC=O)sc1Cl. The van der Waals surface area contributed by atoms with Gasteiger partial charge in [0.15, 0.2) is 15.2 Å². The molecule has 2 saturated heterocycles. The Morgan fingerprint density at radius 1 is 1.36 bits per heavy atom. The van der Waals surface area contributed by atoms with Gasteiger partial charge in [-0.05, 0) is 26.8 Å². The van der Waals surface area contributed by atoms with E-state index in [0.717, 1.165) is 17.4 Å². The first-order valence-corrected chi connectivity index (χ1v) is 16.8. The molecule has 3 N–H and O–H groups in total. The lowest BCUT2D eigenvalue weighted by Crippen LogP contribution is -2.74. The molecular weight excluding hydrogens is 678 g/mol. The van der Waals surface area contributed by atoms with Gasteiger partial charge in [0.05, 0.1) is 0 Å². The smallest absolute Gasteiger partial charge is 0.331 e. The Morgan fingerprint density at radius 3 is 2.80 bits per heavy atom. The van der Waals surface area contributed by atoms with Gasteiger partial charge in [0.2, 0.25) is 12.3 Å². The number of anilines is 1. The molecule has 0 aliphatic carbocycles. The first-order chi connectivity index (χ1) is 20.8. The third kappa shape index (κ3) is 8.06. The molecule has 15 nitrogen and oxygen atoms in total. The maximum Gasteiger partial charge on any atom is 0.331 e. The normalized spacial score (nSPS) is 21.8. The number of esters is 1. The summed E-state index contributed by atoms with van der Waals surface area (Å²) in [5.74, 6) is -2.55. The van der Waals surface area contributed by atoms with Crippen LogP contribution < -0.4 is 10.6 Å². The third-order valence-corrected chi connectivity index (χ3v) is 10.8. The van der Waals surface area contributed by atoms with E-state index in [1.165, 1.54) is 45.8 Å². The van der Waals surface area contributed by atoms with E-state index in [1.807, 2.05) is 0 Å². The molecule has 0 aromatic carbocycles. The predicted molar refractivity (Wildman–Crippen MR) is 165 cm³/mol. The minimum atomic E-state index is -1.22. The van der Waals surface area contributed by atoms with Gasteiger partial charge in [-0.15, -0.1) is 22.0 Å². The van der Waals surface area contributed by atoms with E-state index in [1.54, 1.807) is 26.3 Å². The van der Waals surface area contributed by atoms with Crippen LogP contribution in [0.3, 0.4) is 0 Å². The molecule has 20 heteroatoms. The number of fused-ring (bicyclic) bond motifs is 1. The number of ether oxygens (including phenoxy) is 1. The van der Waals surface area contributed by atoms with E-state index >= 15 is 0 Å². The number of aliphatic carboxylic acids is 1. The standard InChI is InChI=1S/C24H26ClN7O8S4/c1-23(2,3)40-12(34)5-4-6-39-31-14(13-16(25)44-21(29-13)26-10-33)17(35)28-15-18(36)32-7-24(20(37)38,8-41-19(15)32)9-42-22-30-27-11-43-22/h4-5,10-11,15,19H,6-9H2,1-3H3,(H,28,35)(H,37,38)(H,26,29,33)/t15?,19-,24?/m1/s1. The van der Waals surface area contributed by atoms with Crippen molar-refractivity contribution in [2.75, 3.05) is 30.0 Å². The van der Waals surface area contributed by atoms with Gasteiger partial charge in [-0.1, -0.05) is 51.2 Å². The zero-order valence-electron chi connectivity index (χ0n) is 23.3. The van der Waals surface area contributed by atoms with Crippen molar-refractivity contribution in [3.8, 4) is 0 Å². The highest BCUT2D eigenvalue weighted by molar-refractivity contribution is 8.01. The molecule has 3 amide bonds. The number of carboxylic acids is 1. The number of carbonyl (C=O) groups excluding carboxylic acids is 4. The number of amides is 3. The Kier molecular flexibility index (Phi) is 10.9. The lowest BCUT2D eigenvalue weighted by molar-refractivity contribution is -0.157. The summed E-state index contributed by atoms with van der Waals surface area (Å²) in [5, 5.41) is 26.1. The summed E-state index contributed by atoms with van der Waals surface area (Å²) in [6.45, 7) is 4.90. The van der Waals surface area contributed by atoms with E-state index in [9.17, 15) is 29.1 Å². The molecule has 4 heterocycles. The average Bonchev–Trinajstić information content (AvgIpc) is 3.61. The fourth-order valence-corrected chi connectivity index (χ4v) is 8.27. The van der Waals surface area contributed by atoms with Gasteiger partial charge in [0.25, 0.3) is 5.91 Å². The second-order valence-corrected chi connectivity index (χ2v) is 15.0. The van der Waals surface area contributed by atoms with Gasteiger partial charge in [-0.3, -0.25) is 19.2 Å². The number of halogens is 1. The van der Waals surface area contributed by atoms with E-state index in [4.69, 9.17) is 21.2 Å². The van der Waals surface area contributed by atoms with Crippen molar-refractivity contribution < 1.29 is 38.7 Å². The Morgan fingerprint density at radius 2 is 2.14 bits per heavy atom. The molecule has 2 fully saturated rings. The lowest BCUT2D eigenvalue weighted by atomic mass is 9.89. The molecule has 44 heavy (non-hydrogen) atoms. The summed E-state index contributed by atoms with van der Waals surface area (Å²) in [5.41, 5.74) is -0.829. The van der Waals surface area contributed by atoms with Crippen molar-refractivity contribution in [3.05, 3.63) is 27.7 Å². The summed E-state index contributed by atoms with van der Waals surface area (Å²) in [4.78, 5) is 72.3. The molecule has 2 unspecified atom stereocenters. The number of aromatic nitrogens is 3. The van der Waals surface area contributed by atoms with Crippen molar-refractivity contribution in [1.82, 2.24) is 25.4 Å². The number of rotatable bonds is 13. The van der Waals surface area contributed by atoms with Crippen LogP contribution in [0.15, 0.2) is 27.2 Å².